The largest absolute Gasteiger partial charge is 0.340 e. The second-order valence-electron chi connectivity index (χ2n) is 6.47. The number of rotatable bonds is 5. The van der Waals surface area contributed by atoms with Crippen molar-refractivity contribution in [2.24, 2.45) is 5.92 Å². The maximum Gasteiger partial charge on any atom is 0.257 e. The fourth-order valence-corrected chi connectivity index (χ4v) is 2.50. The van der Waals surface area contributed by atoms with Gasteiger partial charge in [-0.3, -0.25) is 15.0 Å². The van der Waals surface area contributed by atoms with Crippen molar-refractivity contribution in [3.05, 3.63) is 35.6 Å². The van der Waals surface area contributed by atoms with Crippen LogP contribution in [0.4, 0.5) is 4.39 Å². The molecule has 6 nitrogen and oxygen atoms in total. The summed E-state index contributed by atoms with van der Waals surface area (Å²) in [6.45, 7) is 7.01. The van der Waals surface area contributed by atoms with E-state index in [2.05, 4.69) is 15.6 Å². The molecule has 1 aromatic carbocycles. The smallest absolute Gasteiger partial charge is 0.257 e. The third-order valence-electron chi connectivity index (χ3n) is 4.11. The summed E-state index contributed by atoms with van der Waals surface area (Å²) >= 11 is 0. The molecule has 1 fully saturated rings. The molecule has 1 aromatic rings. The number of likely N-dealkylation sites (N-methyl/N-ethyl adjacent to an activating group) is 1. The number of carbonyl (C=O) groups excluding carboxylic acids is 2. The molecule has 132 valence electrons. The SMILES string of the molecule is CC(C)[C@H](NC(=O)c1ccc(F)cc1)C(=O)NN1CCN(C)CC1. The summed E-state index contributed by atoms with van der Waals surface area (Å²) in [6, 6.07) is 4.61. The van der Waals surface area contributed by atoms with Crippen LogP contribution in [0.15, 0.2) is 24.3 Å². The number of nitrogens with zero attached hydrogens (tertiary/aromatic N) is 2. The Kier molecular flexibility index (Phi) is 6.28. The zero-order chi connectivity index (χ0) is 17.7. The fraction of sp³-hybridized carbons (Fsp3) is 0.529. The van der Waals surface area contributed by atoms with E-state index in [1.807, 2.05) is 25.9 Å². The van der Waals surface area contributed by atoms with Crippen LogP contribution in [-0.2, 0) is 4.79 Å². The van der Waals surface area contributed by atoms with Gasteiger partial charge in [0.2, 0.25) is 0 Å². The van der Waals surface area contributed by atoms with Gasteiger partial charge in [0.25, 0.3) is 11.8 Å². The van der Waals surface area contributed by atoms with Crippen molar-refractivity contribution in [3.63, 3.8) is 0 Å². The lowest BCUT2D eigenvalue weighted by molar-refractivity contribution is -0.129. The van der Waals surface area contributed by atoms with Gasteiger partial charge in [-0.1, -0.05) is 13.8 Å². The van der Waals surface area contributed by atoms with Crippen LogP contribution in [0.25, 0.3) is 0 Å². The third kappa shape index (κ3) is 5.01. The van der Waals surface area contributed by atoms with Gasteiger partial charge in [0.1, 0.15) is 11.9 Å². The van der Waals surface area contributed by atoms with Crippen LogP contribution in [0.2, 0.25) is 0 Å². The second-order valence-corrected chi connectivity index (χ2v) is 6.47. The highest BCUT2D eigenvalue weighted by Gasteiger charge is 2.27. The average Bonchev–Trinajstić information content (AvgIpc) is 2.54. The molecule has 1 aliphatic heterocycles. The number of hydrogen-bond acceptors (Lipinski definition) is 4. The minimum atomic E-state index is -0.651. The van der Waals surface area contributed by atoms with Crippen molar-refractivity contribution in [2.75, 3.05) is 33.2 Å². The molecule has 0 bridgehead atoms. The van der Waals surface area contributed by atoms with Crippen molar-refractivity contribution in [1.82, 2.24) is 20.7 Å². The molecule has 1 heterocycles. The highest BCUT2D eigenvalue weighted by Crippen LogP contribution is 2.07. The topological polar surface area (TPSA) is 64.7 Å². The minimum absolute atomic E-state index is 0.0677. The molecule has 0 radical (unpaired) electrons. The van der Waals surface area contributed by atoms with Gasteiger partial charge >= 0.3 is 0 Å². The molecule has 1 saturated heterocycles. The highest BCUT2D eigenvalue weighted by molar-refractivity contribution is 5.97. The maximum absolute atomic E-state index is 13.0. The van der Waals surface area contributed by atoms with Gasteiger partial charge in [-0.25, -0.2) is 9.40 Å². The molecule has 7 heteroatoms. The van der Waals surface area contributed by atoms with Crippen molar-refractivity contribution in [2.45, 2.75) is 19.9 Å². The van der Waals surface area contributed by atoms with Gasteiger partial charge in [0, 0.05) is 31.7 Å². The van der Waals surface area contributed by atoms with Gasteiger partial charge in [0.15, 0.2) is 0 Å². The Bertz CT molecular complexity index is 568. The number of amides is 2. The van der Waals surface area contributed by atoms with Crippen molar-refractivity contribution in [3.8, 4) is 0 Å². The summed E-state index contributed by atoms with van der Waals surface area (Å²) in [7, 11) is 2.04. The lowest BCUT2D eigenvalue weighted by atomic mass is 10.0. The molecule has 2 N–H and O–H groups in total. The minimum Gasteiger partial charge on any atom is -0.340 e. The number of hydrazine groups is 1. The molecule has 0 spiro atoms. The van der Waals surface area contributed by atoms with E-state index in [4.69, 9.17) is 0 Å². The first-order valence-electron chi connectivity index (χ1n) is 8.17. The number of carbonyl (C=O) groups is 2. The zero-order valence-corrected chi connectivity index (χ0v) is 14.4. The summed E-state index contributed by atoms with van der Waals surface area (Å²) in [5.41, 5.74) is 3.21. The first-order valence-corrected chi connectivity index (χ1v) is 8.17. The van der Waals surface area contributed by atoms with Gasteiger partial charge in [-0.2, -0.15) is 0 Å². The van der Waals surface area contributed by atoms with Crippen LogP contribution in [-0.4, -0.2) is 61.0 Å². The molecule has 0 aromatic heterocycles. The molecule has 0 aliphatic carbocycles. The van der Waals surface area contributed by atoms with E-state index in [0.29, 0.717) is 5.56 Å². The second kappa shape index (κ2) is 8.21. The van der Waals surface area contributed by atoms with Crippen LogP contribution < -0.4 is 10.7 Å². The third-order valence-corrected chi connectivity index (χ3v) is 4.11. The van der Waals surface area contributed by atoms with Crippen LogP contribution in [0.1, 0.15) is 24.2 Å². The maximum atomic E-state index is 13.0. The number of halogens is 1. The molecular weight excluding hydrogens is 311 g/mol. The Labute approximate surface area is 142 Å². The Morgan fingerprint density at radius 1 is 1.08 bits per heavy atom. The van der Waals surface area contributed by atoms with E-state index < -0.39 is 11.9 Å². The molecule has 1 atom stereocenters. The van der Waals surface area contributed by atoms with E-state index >= 15 is 0 Å². The van der Waals surface area contributed by atoms with Crippen LogP contribution in [0.5, 0.6) is 0 Å². The van der Waals surface area contributed by atoms with E-state index in [1.165, 1.54) is 24.3 Å². The lowest BCUT2D eigenvalue weighted by Crippen LogP contribution is -2.58. The molecule has 2 amide bonds. The van der Waals surface area contributed by atoms with Crippen molar-refractivity contribution < 1.29 is 14.0 Å². The summed E-state index contributed by atoms with van der Waals surface area (Å²) in [6.07, 6.45) is 0. The standard InChI is InChI=1S/C17H25FN4O2/c1-12(2)15(17(24)20-22-10-8-21(3)9-11-22)19-16(23)13-4-6-14(18)7-5-13/h4-7,12,15H,8-11H2,1-3H3,(H,19,23)(H,20,24)/t15-/m0/s1. The molecule has 1 aliphatic rings. The quantitative estimate of drug-likeness (QED) is 0.837. The van der Waals surface area contributed by atoms with E-state index in [0.717, 1.165) is 26.2 Å². The van der Waals surface area contributed by atoms with E-state index in [9.17, 15) is 14.0 Å². The van der Waals surface area contributed by atoms with Gasteiger partial charge in [0.05, 0.1) is 0 Å². The predicted molar refractivity (Wildman–Crippen MR) is 89.7 cm³/mol. The summed E-state index contributed by atoms with van der Waals surface area (Å²) < 4.78 is 13.0. The van der Waals surface area contributed by atoms with Gasteiger partial charge in [-0.05, 0) is 37.2 Å². The first kappa shape index (κ1) is 18.4. The van der Waals surface area contributed by atoms with Crippen molar-refractivity contribution >= 4 is 11.8 Å². The molecule has 0 unspecified atom stereocenters. The van der Waals surface area contributed by atoms with E-state index in [1.54, 1.807) is 0 Å². The Morgan fingerprint density at radius 2 is 1.67 bits per heavy atom. The summed E-state index contributed by atoms with van der Waals surface area (Å²) in [5, 5.41) is 4.62. The lowest BCUT2D eigenvalue weighted by Gasteiger charge is -2.34. The summed E-state index contributed by atoms with van der Waals surface area (Å²) in [5.74, 6) is -1.09. The van der Waals surface area contributed by atoms with Gasteiger partial charge in [-0.15, -0.1) is 0 Å². The molecular formula is C17H25FN4O2. The van der Waals surface area contributed by atoms with Crippen molar-refractivity contribution in [1.29, 1.82) is 0 Å². The summed E-state index contributed by atoms with van der Waals surface area (Å²) in [4.78, 5) is 27.0. The molecule has 24 heavy (non-hydrogen) atoms. The van der Waals surface area contributed by atoms with Crippen LogP contribution >= 0.6 is 0 Å². The normalized spacial score (nSPS) is 17.5. The first-order chi connectivity index (χ1) is 11.4. The Balaban J connectivity index is 1.96. The van der Waals surface area contributed by atoms with E-state index in [-0.39, 0.29) is 17.7 Å². The number of nitrogens with one attached hydrogen (secondary N) is 2. The molecule has 2 rings (SSSR count). The number of piperazine rings is 1. The zero-order valence-electron chi connectivity index (χ0n) is 14.4. The Morgan fingerprint density at radius 3 is 2.21 bits per heavy atom. The number of hydrogen-bond donors (Lipinski definition) is 2. The fourth-order valence-electron chi connectivity index (χ4n) is 2.50. The average molecular weight is 336 g/mol. The van der Waals surface area contributed by atoms with Gasteiger partial charge < -0.3 is 10.2 Å². The van der Waals surface area contributed by atoms with Crippen LogP contribution in [0, 0.1) is 11.7 Å². The highest BCUT2D eigenvalue weighted by atomic mass is 19.1. The Hall–Kier alpha value is -1.99. The molecule has 0 saturated carbocycles. The number of benzene rings is 1. The van der Waals surface area contributed by atoms with Crippen LogP contribution in [0.3, 0.4) is 0 Å². The predicted octanol–water partition coefficient (Wildman–Crippen LogP) is 0.859. The monoisotopic (exact) mass is 336 g/mol.